The Morgan fingerprint density at radius 3 is 2.93 bits per heavy atom. The Bertz CT molecular complexity index is 341. The zero-order chi connectivity index (χ0) is 10.6. The second-order valence-corrected chi connectivity index (χ2v) is 3.24. The van der Waals surface area contributed by atoms with Gasteiger partial charge in [-0.1, -0.05) is 25.1 Å². The summed E-state index contributed by atoms with van der Waals surface area (Å²) in [6.07, 6.45) is 1.85. The fraction of sp³-hybridized carbons (Fsp3) is 0.333. The lowest BCUT2D eigenvalue weighted by atomic mass is 10.3. The van der Waals surface area contributed by atoms with Gasteiger partial charge in [-0.2, -0.15) is 0 Å². The Kier molecular flexibility index (Phi) is 3.83. The SMILES string of the molecule is C=C(Cl)CNc1ncnc(CC)c1F. The summed E-state index contributed by atoms with van der Waals surface area (Å²) in [5.41, 5.74) is 0.391. The standard InChI is InChI=1S/C9H11ClFN3/c1-3-7-8(11)9(14-5-13-7)12-4-6(2)10/h5H,2-4H2,1H3,(H,12,13,14). The average molecular weight is 216 g/mol. The van der Waals surface area contributed by atoms with E-state index in [4.69, 9.17) is 11.6 Å². The summed E-state index contributed by atoms with van der Waals surface area (Å²) in [7, 11) is 0. The number of aryl methyl sites for hydroxylation is 1. The third-order valence-corrected chi connectivity index (χ3v) is 1.78. The van der Waals surface area contributed by atoms with Crippen molar-refractivity contribution in [3.8, 4) is 0 Å². The lowest BCUT2D eigenvalue weighted by Crippen LogP contribution is -2.07. The quantitative estimate of drug-likeness (QED) is 0.838. The zero-order valence-electron chi connectivity index (χ0n) is 7.85. The van der Waals surface area contributed by atoms with Crippen LogP contribution in [0.3, 0.4) is 0 Å². The minimum Gasteiger partial charge on any atom is -0.363 e. The van der Waals surface area contributed by atoms with E-state index in [-0.39, 0.29) is 5.82 Å². The van der Waals surface area contributed by atoms with Gasteiger partial charge < -0.3 is 5.32 Å². The number of aromatic nitrogens is 2. The summed E-state index contributed by atoms with van der Waals surface area (Å²) in [6, 6.07) is 0. The molecule has 1 aromatic heterocycles. The van der Waals surface area contributed by atoms with Crippen LogP contribution in [0.15, 0.2) is 17.9 Å². The van der Waals surface area contributed by atoms with Crippen LogP contribution in [0.4, 0.5) is 10.2 Å². The molecule has 0 atom stereocenters. The molecule has 1 heterocycles. The van der Waals surface area contributed by atoms with Gasteiger partial charge in [0.2, 0.25) is 0 Å². The van der Waals surface area contributed by atoms with Crippen molar-refractivity contribution in [2.75, 3.05) is 11.9 Å². The average Bonchev–Trinajstić information content (AvgIpc) is 2.16. The van der Waals surface area contributed by atoms with Gasteiger partial charge in [0.05, 0.1) is 12.2 Å². The van der Waals surface area contributed by atoms with E-state index in [1.54, 1.807) is 0 Å². The topological polar surface area (TPSA) is 37.8 Å². The fourth-order valence-electron chi connectivity index (χ4n) is 0.956. The van der Waals surface area contributed by atoms with E-state index in [9.17, 15) is 4.39 Å². The predicted octanol–water partition coefficient (Wildman–Crippen LogP) is 2.34. The smallest absolute Gasteiger partial charge is 0.186 e. The van der Waals surface area contributed by atoms with E-state index in [0.717, 1.165) is 0 Å². The van der Waals surface area contributed by atoms with Crippen molar-refractivity contribution in [3.05, 3.63) is 29.4 Å². The van der Waals surface area contributed by atoms with E-state index < -0.39 is 5.82 Å². The highest BCUT2D eigenvalue weighted by Crippen LogP contribution is 2.13. The van der Waals surface area contributed by atoms with Gasteiger partial charge in [-0.15, -0.1) is 0 Å². The maximum atomic E-state index is 13.5. The Balaban J connectivity index is 2.81. The number of nitrogens with one attached hydrogen (secondary N) is 1. The third-order valence-electron chi connectivity index (χ3n) is 1.64. The Morgan fingerprint density at radius 1 is 1.64 bits per heavy atom. The molecule has 0 bridgehead atoms. The number of rotatable bonds is 4. The van der Waals surface area contributed by atoms with Gasteiger partial charge in [-0.3, -0.25) is 0 Å². The van der Waals surface area contributed by atoms with Crippen molar-refractivity contribution in [3.63, 3.8) is 0 Å². The molecule has 5 heteroatoms. The monoisotopic (exact) mass is 215 g/mol. The molecule has 0 unspecified atom stereocenters. The molecule has 0 radical (unpaired) electrons. The van der Waals surface area contributed by atoms with Crippen LogP contribution in [0, 0.1) is 5.82 Å². The number of halogens is 2. The first kappa shape index (κ1) is 10.9. The molecule has 0 saturated carbocycles. The van der Waals surface area contributed by atoms with Crippen molar-refractivity contribution < 1.29 is 4.39 Å². The highest BCUT2D eigenvalue weighted by Gasteiger charge is 2.08. The molecule has 0 aromatic carbocycles. The second-order valence-electron chi connectivity index (χ2n) is 2.71. The molecular formula is C9H11ClFN3. The molecule has 3 nitrogen and oxygen atoms in total. The van der Waals surface area contributed by atoms with Gasteiger partial charge in [0.15, 0.2) is 11.6 Å². The Labute approximate surface area is 87.0 Å². The largest absolute Gasteiger partial charge is 0.363 e. The van der Waals surface area contributed by atoms with Crippen molar-refractivity contribution in [2.24, 2.45) is 0 Å². The maximum absolute atomic E-state index is 13.5. The Hall–Kier alpha value is -1.16. The van der Waals surface area contributed by atoms with Crippen LogP contribution in [0.5, 0.6) is 0 Å². The van der Waals surface area contributed by atoms with E-state index in [1.165, 1.54) is 6.33 Å². The molecular weight excluding hydrogens is 205 g/mol. The van der Waals surface area contributed by atoms with E-state index in [2.05, 4.69) is 21.9 Å². The first-order valence-electron chi connectivity index (χ1n) is 4.21. The summed E-state index contributed by atoms with van der Waals surface area (Å²) in [5.74, 6) is -0.258. The van der Waals surface area contributed by atoms with Crippen LogP contribution in [0.25, 0.3) is 0 Å². The normalized spacial score (nSPS) is 9.93. The molecule has 1 aromatic rings. The van der Waals surface area contributed by atoms with Crippen molar-refractivity contribution >= 4 is 17.4 Å². The van der Waals surface area contributed by atoms with Gasteiger partial charge in [0.25, 0.3) is 0 Å². The van der Waals surface area contributed by atoms with Gasteiger partial charge in [-0.05, 0) is 6.42 Å². The van der Waals surface area contributed by atoms with Crippen molar-refractivity contribution in [2.45, 2.75) is 13.3 Å². The first-order chi connectivity index (χ1) is 6.65. The van der Waals surface area contributed by atoms with Crippen molar-refractivity contribution in [1.82, 2.24) is 9.97 Å². The zero-order valence-corrected chi connectivity index (χ0v) is 8.60. The highest BCUT2D eigenvalue weighted by molar-refractivity contribution is 6.29. The Morgan fingerprint density at radius 2 is 2.36 bits per heavy atom. The molecule has 1 N–H and O–H groups in total. The molecule has 0 saturated heterocycles. The molecule has 0 fully saturated rings. The fourth-order valence-corrected chi connectivity index (χ4v) is 1.02. The molecule has 0 amide bonds. The molecule has 14 heavy (non-hydrogen) atoms. The second kappa shape index (κ2) is 4.91. The van der Waals surface area contributed by atoms with Crippen LogP contribution >= 0.6 is 11.6 Å². The van der Waals surface area contributed by atoms with E-state index >= 15 is 0 Å². The molecule has 0 aliphatic rings. The summed E-state index contributed by atoms with van der Waals surface area (Å²) in [6.45, 7) is 5.60. The van der Waals surface area contributed by atoms with Gasteiger partial charge >= 0.3 is 0 Å². The summed E-state index contributed by atoms with van der Waals surface area (Å²) < 4.78 is 13.5. The minimum atomic E-state index is -0.423. The van der Waals surface area contributed by atoms with E-state index in [1.807, 2.05) is 6.92 Å². The lowest BCUT2D eigenvalue weighted by molar-refractivity contribution is 0.597. The summed E-state index contributed by atoms with van der Waals surface area (Å²) >= 11 is 5.53. The number of hydrogen-bond acceptors (Lipinski definition) is 3. The van der Waals surface area contributed by atoms with Crippen LogP contribution in [-0.4, -0.2) is 16.5 Å². The van der Waals surface area contributed by atoms with Crippen LogP contribution in [0.1, 0.15) is 12.6 Å². The van der Waals surface area contributed by atoms with Crippen LogP contribution in [-0.2, 0) is 6.42 Å². The number of hydrogen-bond donors (Lipinski definition) is 1. The molecule has 1 rings (SSSR count). The molecule has 0 aliphatic carbocycles. The van der Waals surface area contributed by atoms with Gasteiger partial charge in [-0.25, -0.2) is 14.4 Å². The van der Waals surface area contributed by atoms with Gasteiger partial charge in [0, 0.05) is 5.03 Å². The van der Waals surface area contributed by atoms with Gasteiger partial charge in [0.1, 0.15) is 6.33 Å². The molecule has 0 aliphatic heterocycles. The predicted molar refractivity (Wildman–Crippen MR) is 54.9 cm³/mol. The maximum Gasteiger partial charge on any atom is 0.186 e. The first-order valence-corrected chi connectivity index (χ1v) is 4.59. The molecule has 76 valence electrons. The molecule has 0 spiro atoms. The van der Waals surface area contributed by atoms with Crippen molar-refractivity contribution in [1.29, 1.82) is 0 Å². The highest BCUT2D eigenvalue weighted by atomic mass is 35.5. The van der Waals surface area contributed by atoms with E-state index in [0.29, 0.717) is 23.7 Å². The lowest BCUT2D eigenvalue weighted by Gasteiger charge is -2.06. The number of nitrogens with zero attached hydrogens (tertiary/aromatic N) is 2. The minimum absolute atomic E-state index is 0.165. The van der Waals surface area contributed by atoms with Crippen LogP contribution in [0.2, 0.25) is 0 Å². The van der Waals surface area contributed by atoms with Crippen LogP contribution < -0.4 is 5.32 Å². The summed E-state index contributed by atoms with van der Waals surface area (Å²) in [5, 5.41) is 3.13. The third kappa shape index (κ3) is 2.67. The number of anilines is 1. The summed E-state index contributed by atoms with van der Waals surface area (Å²) in [4.78, 5) is 7.56.